The van der Waals surface area contributed by atoms with Gasteiger partial charge in [0.25, 0.3) is 11.8 Å². The Hall–Kier alpha value is -3.53. The Kier molecular flexibility index (Phi) is 6.51. The van der Waals surface area contributed by atoms with Crippen molar-refractivity contribution in [3.05, 3.63) is 41.9 Å². The Morgan fingerprint density at radius 1 is 1.16 bits per heavy atom. The van der Waals surface area contributed by atoms with Gasteiger partial charge in [0.05, 0.1) is 11.1 Å². The number of anilines is 2. The summed E-state index contributed by atoms with van der Waals surface area (Å²) >= 11 is 0. The molecule has 0 bridgehead atoms. The minimum atomic E-state index is -0.130. The minimum Gasteiger partial charge on any atom is -0.348 e. The number of carbonyl (C=O) groups is 2. The highest BCUT2D eigenvalue weighted by Gasteiger charge is 2.41. The third-order valence-electron chi connectivity index (χ3n) is 8.64. The third-order valence-corrected chi connectivity index (χ3v) is 8.64. The van der Waals surface area contributed by atoms with Gasteiger partial charge in [0.15, 0.2) is 0 Å². The highest BCUT2D eigenvalue weighted by atomic mass is 16.2. The maximum atomic E-state index is 13.1. The molecule has 1 saturated heterocycles. The standard InChI is InChI=1S/C28H36N8O2/c1-3-34(4-2)21-10-13-35(17-21)26(38)19-8-9-23(29-15-19)32-27-30-16-20-14-22-25(37)31-18-28(11-6-5-7-12-28)36(22)24(20)33-27/h8-9,14-16,21H,3-7,10-13,17-18H2,1-2H3,(H,31,37)(H,29,30,32,33). The highest BCUT2D eigenvalue weighted by molar-refractivity contribution is 5.99. The second-order valence-corrected chi connectivity index (χ2v) is 10.8. The van der Waals surface area contributed by atoms with Crippen molar-refractivity contribution in [1.82, 2.24) is 34.6 Å². The summed E-state index contributed by atoms with van der Waals surface area (Å²) in [6.07, 6.45) is 9.96. The van der Waals surface area contributed by atoms with Crippen LogP contribution in [-0.2, 0) is 5.54 Å². The molecule has 2 amide bonds. The predicted octanol–water partition coefficient (Wildman–Crippen LogP) is 3.53. The van der Waals surface area contributed by atoms with E-state index in [0.717, 1.165) is 69.3 Å². The largest absolute Gasteiger partial charge is 0.348 e. The Labute approximate surface area is 222 Å². The van der Waals surface area contributed by atoms with E-state index in [1.807, 2.05) is 11.0 Å². The second kappa shape index (κ2) is 9.98. The topological polar surface area (TPSA) is 108 Å². The molecule has 1 saturated carbocycles. The van der Waals surface area contributed by atoms with Crippen LogP contribution in [-0.4, -0.2) is 79.9 Å². The lowest BCUT2D eigenvalue weighted by molar-refractivity contribution is 0.0777. The summed E-state index contributed by atoms with van der Waals surface area (Å²) in [5.74, 6) is 0.951. The Morgan fingerprint density at radius 2 is 1.97 bits per heavy atom. The van der Waals surface area contributed by atoms with Gasteiger partial charge < -0.3 is 20.1 Å². The molecule has 2 fully saturated rings. The molecule has 10 heteroatoms. The molecular weight excluding hydrogens is 480 g/mol. The van der Waals surface area contributed by atoms with Crippen LogP contribution >= 0.6 is 0 Å². The average Bonchev–Trinajstić information content (AvgIpc) is 3.59. The van der Waals surface area contributed by atoms with Crippen LogP contribution in [0.3, 0.4) is 0 Å². The first kappa shape index (κ1) is 24.8. The van der Waals surface area contributed by atoms with E-state index in [9.17, 15) is 9.59 Å². The second-order valence-electron chi connectivity index (χ2n) is 10.8. The SMILES string of the molecule is CCN(CC)C1CCN(C(=O)c2ccc(Nc3ncc4cc5n(c4n3)C3(CCCCC3)CNC5=O)nc2)C1. The molecule has 1 atom stereocenters. The summed E-state index contributed by atoms with van der Waals surface area (Å²) in [6.45, 7) is 8.50. The van der Waals surface area contributed by atoms with Gasteiger partial charge >= 0.3 is 0 Å². The number of pyridine rings is 1. The molecule has 0 radical (unpaired) electrons. The number of nitrogens with zero attached hydrogens (tertiary/aromatic N) is 6. The first-order valence-electron chi connectivity index (χ1n) is 13.9. The van der Waals surface area contributed by atoms with Gasteiger partial charge in [-0.15, -0.1) is 0 Å². The fourth-order valence-electron chi connectivity index (χ4n) is 6.58. The molecule has 200 valence electrons. The zero-order chi connectivity index (χ0) is 26.3. The zero-order valence-corrected chi connectivity index (χ0v) is 22.2. The summed E-state index contributed by atoms with van der Waals surface area (Å²) in [6, 6.07) is 5.92. The zero-order valence-electron chi connectivity index (χ0n) is 22.2. The van der Waals surface area contributed by atoms with Gasteiger partial charge in [0.2, 0.25) is 5.95 Å². The molecule has 38 heavy (non-hydrogen) atoms. The van der Waals surface area contributed by atoms with Crippen LogP contribution in [0.25, 0.3) is 11.0 Å². The third kappa shape index (κ3) is 4.30. The lowest BCUT2D eigenvalue weighted by Gasteiger charge is -2.42. The number of fused-ring (bicyclic) bond motifs is 4. The van der Waals surface area contributed by atoms with Crippen LogP contribution in [0.15, 0.2) is 30.6 Å². The van der Waals surface area contributed by atoms with Crippen molar-refractivity contribution in [1.29, 1.82) is 0 Å². The minimum absolute atomic E-state index is 0.0206. The van der Waals surface area contributed by atoms with Gasteiger partial charge in [-0.3, -0.25) is 14.5 Å². The van der Waals surface area contributed by atoms with Crippen molar-refractivity contribution in [2.75, 3.05) is 38.0 Å². The van der Waals surface area contributed by atoms with E-state index in [0.29, 0.717) is 35.6 Å². The summed E-state index contributed by atoms with van der Waals surface area (Å²) in [5, 5.41) is 7.14. The lowest BCUT2D eigenvalue weighted by Crippen LogP contribution is -2.52. The number of amides is 2. The molecular formula is C28H36N8O2. The van der Waals surface area contributed by atoms with Crippen molar-refractivity contribution in [3.8, 4) is 0 Å². The summed E-state index contributed by atoms with van der Waals surface area (Å²) in [7, 11) is 0. The van der Waals surface area contributed by atoms with Gasteiger partial charge in [-0.25, -0.2) is 9.97 Å². The van der Waals surface area contributed by atoms with Crippen molar-refractivity contribution >= 4 is 34.6 Å². The molecule has 5 heterocycles. The maximum Gasteiger partial charge on any atom is 0.268 e. The predicted molar refractivity (Wildman–Crippen MR) is 146 cm³/mol. The number of hydrogen-bond acceptors (Lipinski definition) is 7. The van der Waals surface area contributed by atoms with Crippen LogP contribution in [0.2, 0.25) is 0 Å². The van der Waals surface area contributed by atoms with Crippen LogP contribution < -0.4 is 10.6 Å². The van der Waals surface area contributed by atoms with Crippen molar-refractivity contribution in [2.24, 2.45) is 0 Å². The van der Waals surface area contributed by atoms with Crippen molar-refractivity contribution < 1.29 is 9.59 Å². The number of aromatic nitrogens is 4. The van der Waals surface area contributed by atoms with E-state index in [1.54, 1.807) is 24.5 Å². The van der Waals surface area contributed by atoms with Crippen molar-refractivity contribution in [2.45, 2.75) is 64.0 Å². The molecule has 1 unspecified atom stereocenters. The fraction of sp³-hybridized carbons (Fsp3) is 0.536. The van der Waals surface area contributed by atoms with Crippen LogP contribution in [0.1, 0.15) is 73.2 Å². The normalized spacial score (nSPS) is 20.7. The molecule has 10 nitrogen and oxygen atoms in total. The first-order valence-corrected chi connectivity index (χ1v) is 13.9. The molecule has 1 spiro atoms. The van der Waals surface area contributed by atoms with E-state index in [2.05, 4.69) is 43.9 Å². The summed E-state index contributed by atoms with van der Waals surface area (Å²) < 4.78 is 2.16. The smallest absolute Gasteiger partial charge is 0.268 e. The number of carbonyl (C=O) groups excluding carboxylic acids is 2. The van der Waals surface area contributed by atoms with E-state index in [4.69, 9.17) is 4.98 Å². The highest BCUT2D eigenvalue weighted by Crippen LogP contribution is 2.40. The molecule has 1 aliphatic carbocycles. The van der Waals surface area contributed by atoms with Crippen LogP contribution in [0, 0.1) is 0 Å². The van der Waals surface area contributed by atoms with Gasteiger partial charge in [-0.05, 0) is 50.6 Å². The van der Waals surface area contributed by atoms with Gasteiger partial charge in [-0.1, -0.05) is 33.1 Å². The molecule has 2 aliphatic heterocycles. The lowest BCUT2D eigenvalue weighted by atomic mass is 9.80. The monoisotopic (exact) mass is 516 g/mol. The van der Waals surface area contributed by atoms with Gasteiger partial charge in [0.1, 0.15) is 17.2 Å². The van der Waals surface area contributed by atoms with Gasteiger partial charge in [-0.2, -0.15) is 4.98 Å². The van der Waals surface area contributed by atoms with Crippen molar-refractivity contribution in [3.63, 3.8) is 0 Å². The van der Waals surface area contributed by atoms with E-state index < -0.39 is 0 Å². The van der Waals surface area contributed by atoms with E-state index >= 15 is 0 Å². The maximum absolute atomic E-state index is 13.1. The quantitative estimate of drug-likeness (QED) is 0.516. The van der Waals surface area contributed by atoms with Gasteiger partial charge in [0, 0.05) is 43.5 Å². The number of hydrogen-bond donors (Lipinski definition) is 2. The number of nitrogens with one attached hydrogen (secondary N) is 2. The average molecular weight is 517 g/mol. The van der Waals surface area contributed by atoms with Crippen LogP contribution in [0.5, 0.6) is 0 Å². The van der Waals surface area contributed by atoms with E-state index in [1.165, 1.54) is 6.42 Å². The Balaban J connectivity index is 1.20. The summed E-state index contributed by atoms with van der Waals surface area (Å²) in [4.78, 5) is 43.9. The fourth-order valence-corrected chi connectivity index (χ4v) is 6.58. The molecule has 3 aliphatic rings. The summed E-state index contributed by atoms with van der Waals surface area (Å²) in [5.41, 5.74) is 1.89. The molecule has 2 N–H and O–H groups in total. The number of likely N-dealkylation sites (tertiary alicyclic amines) is 1. The number of rotatable bonds is 6. The number of likely N-dealkylation sites (N-methyl/N-ethyl adjacent to an activating group) is 1. The Bertz CT molecular complexity index is 1340. The molecule has 0 aromatic carbocycles. The molecule has 3 aromatic heterocycles. The molecule has 3 aromatic rings. The first-order chi connectivity index (χ1) is 18.5. The van der Waals surface area contributed by atoms with E-state index in [-0.39, 0.29) is 17.4 Å². The Morgan fingerprint density at radius 3 is 2.71 bits per heavy atom. The molecule has 6 rings (SSSR count). The van der Waals surface area contributed by atoms with Crippen LogP contribution in [0.4, 0.5) is 11.8 Å².